The highest BCUT2D eigenvalue weighted by atomic mass is 32.2. The number of amides is 3. The van der Waals surface area contributed by atoms with E-state index in [1.54, 1.807) is 20.1 Å². The van der Waals surface area contributed by atoms with Gasteiger partial charge in [0.15, 0.2) is 0 Å². The lowest BCUT2D eigenvalue weighted by atomic mass is 10.0. The molecule has 0 heterocycles. The van der Waals surface area contributed by atoms with Crippen LogP contribution in [-0.4, -0.2) is 76.0 Å². The second-order valence-electron chi connectivity index (χ2n) is 6.84. The number of nitrogens with two attached hydrogens (primary N) is 1. The molecule has 4 atom stereocenters. The third kappa shape index (κ3) is 10.1. The molecule has 0 rings (SSSR count). The minimum absolute atomic E-state index is 0.185. The van der Waals surface area contributed by atoms with E-state index in [1.165, 1.54) is 18.7 Å². The van der Waals surface area contributed by atoms with Gasteiger partial charge < -0.3 is 31.9 Å². The zero-order chi connectivity index (χ0) is 22.7. The Labute approximate surface area is 173 Å². The van der Waals surface area contributed by atoms with Gasteiger partial charge in [-0.25, -0.2) is 0 Å². The van der Waals surface area contributed by atoms with Gasteiger partial charge in [0, 0.05) is 0 Å². The minimum atomic E-state index is -1.44. The van der Waals surface area contributed by atoms with E-state index in [0.29, 0.717) is 5.75 Å². The van der Waals surface area contributed by atoms with E-state index in [2.05, 4.69) is 16.0 Å². The summed E-state index contributed by atoms with van der Waals surface area (Å²) in [5, 5.41) is 24.9. The number of carboxylic acid groups (broad SMARTS) is 2. The first-order chi connectivity index (χ1) is 13.4. The van der Waals surface area contributed by atoms with E-state index in [9.17, 15) is 24.0 Å². The van der Waals surface area contributed by atoms with Gasteiger partial charge >= 0.3 is 11.9 Å². The molecular weight excluding hydrogens is 404 g/mol. The summed E-state index contributed by atoms with van der Waals surface area (Å²) in [6, 6.07) is -4.64. The fourth-order valence-electron chi connectivity index (χ4n) is 2.11. The highest BCUT2D eigenvalue weighted by Crippen LogP contribution is 2.05. The smallest absolute Gasteiger partial charge is 0.325 e. The molecule has 0 aliphatic rings. The molecule has 11 nitrogen and oxygen atoms in total. The number of thioether (sulfide) groups is 1. The molecule has 0 aromatic carbocycles. The fraction of sp³-hybridized carbons (Fsp3) is 0.706. The first-order valence-corrected chi connectivity index (χ1v) is 10.4. The standard InChI is InChI=1S/C17H30N4O7S/c1-8(2)13(18)16(26)21-11(7-12(22)23)15(25)20-10(5-6-29-4)14(24)19-9(3)17(27)28/h8-11,13H,5-7,18H2,1-4H3,(H,19,24)(H,20,25)(H,21,26)(H,22,23)(H,27,28). The van der Waals surface area contributed by atoms with Crippen LogP contribution in [0, 0.1) is 5.92 Å². The van der Waals surface area contributed by atoms with Gasteiger partial charge in [-0.05, 0) is 31.3 Å². The maximum atomic E-state index is 12.6. The number of rotatable bonds is 13. The van der Waals surface area contributed by atoms with Crippen LogP contribution in [0.15, 0.2) is 0 Å². The van der Waals surface area contributed by atoms with Crippen molar-refractivity contribution in [1.29, 1.82) is 0 Å². The summed E-state index contributed by atoms with van der Waals surface area (Å²) in [5.74, 6) is -4.61. The summed E-state index contributed by atoms with van der Waals surface area (Å²) < 4.78 is 0. The van der Waals surface area contributed by atoms with E-state index in [4.69, 9.17) is 15.9 Å². The molecule has 0 saturated heterocycles. The molecule has 0 aromatic heterocycles. The molecule has 0 aromatic rings. The van der Waals surface area contributed by atoms with E-state index in [1.807, 2.05) is 0 Å². The van der Waals surface area contributed by atoms with Crippen LogP contribution >= 0.6 is 11.8 Å². The van der Waals surface area contributed by atoms with Crippen LogP contribution in [0.1, 0.15) is 33.6 Å². The third-order valence-electron chi connectivity index (χ3n) is 4.01. The Morgan fingerprint density at radius 2 is 1.41 bits per heavy atom. The van der Waals surface area contributed by atoms with E-state index in [-0.39, 0.29) is 12.3 Å². The van der Waals surface area contributed by atoms with Gasteiger partial charge in [0.25, 0.3) is 0 Å². The molecule has 12 heteroatoms. The quantitative estimate of drug-likeness (QED) is 0.206. The normalized spacial score (nSPS) is 15.0. The summed E-state index contributed by atoms with van der Waals surface area (Å²) in [6.07, 6.45) is 1.27. The summed E-state index contributed by atoms with van der Waals surface area (Å²) in [4.78, 5) is 59.1. The van der Waals surface area contributed by atoms with Gasteiger partial charge in [-0.2, -0.15) is 11.8 Å². The molecule has 3 amide bonds. The maximum absolute atomic E-state index is 12.6. The monoisotopic (exact) mass is 434 g/mol. The van der Waals surface area contributed by atoms with Crippen LogP contribution in [0.2, 0.25) is 0 Å². The second-order valence-corrected chi connectivity index (χ2v) is 7.83. The van der Waals surface area contributed by atoms with Crippen molar-refractivity contribution in [2.75, 3.05) is 12.0 Å². The fourth-order valence-corrected chi connectivity index (χ4v) is 2.58. The number of hydrogen-bond acceptors (Lipinski definition) is 7. The predicted octanol–water partition coefficient (Wildman–Crippen LogP) is -1.24. The number of nitrogens with one attached hydrogen (secondary N) is 3. The Morgan fingerprint density at radius 1 is 0.897 bits per heavy atom. The SMILES string of the molecule is CSCCC(NC(=O)C(CC(=O)O)NC(=O)C(N)C(C)C)C(=O)NC(C)C(=O)O. The molecule has 29 heavy (non-hydrogen) atoms. The summed E-state index contributed by atoms with van der Waals surface area (Å²) in [5.41, 5.74) is 5.72. The molecule has 0 saturated carbocycles. The average Bonchev–Trinajstić information content (AvgIpc) is 2.62. The Bertz CT molecular complexity index is 615. The summed E-state index contributed by atoms with van der Waals surface area (Å²) >= 11 is 1.41. The Hall–Kier alpha value is -2.34. The molecule has 166 valence electrons. The van der Waals surface area contributed by atoms with Crippen LogP contribution in [0.4, 0.5) is 0 Å². The average molecular weight is 435 g/mol. The van der Waals surface area contributed by atoms with Crippen LogP contribution in [0.5, 0.6) is 0 Å². The number of hydrogen-bond donors (Lipinski definition) is 6. The van der Waals surface area contributed by atoms with E-state index < -0.39 is 60.2 Å². The van der Waals surface area contributed by atoms with E-state index in [0.717, 1.165) is 0 Å². The predicted molar refractivity (Wildman–Crippen MR) is 107 cm³/mol. The number of aliphatic carboxylic acids is 2. The Balaban J connectivity index is 5.33. The zero-order valence-corrected chi connectivity index (χ0v) is 17.7. The molecule has 0 aliphatic heterocycles. The topological polar surface area (TPSA) is 188 Å². The van der Waals surface area contributed by atoms with Crippen molar-refractivity contribution >= 4 is 41.4 Å². The second kappa shape index (κ2) is 13.0. The molecule has 7 N–H and O–H groups in total. The lowest BCUT2D eigenvalue weighted by Crippen LogP contribution is -2.57. The van der Waals surface area contributed by atoms with Crippen molar-refractivity contribution in [3.8, 4) is 0 Å². The van der Waals surface area contributed by atoms with Gasteiger partial charge in [0.2, 0.25) is 17.7 Å². The van der Waals surface area contributed by atoms with Crippen molar-refractivity contribution in [2.45, 2.75) is 57.8 Å². The summed E-state index contributed by atoms with van der Waals surface area (Å²) in [6.45, 7) is 4.67. The first kappa shape index (κ1) is 26.7. The van der Waals surface area contributed by atoms with Crippen molar-refractivity contribution in [1.82, 2.24) is 16.0 Å². The van der Waals surface area contributed by atoms with E-state index >= 15 is 0 Å². The van der Waals surface area contributed by atoms with Crippen molar-refractivity contribution < 1.29 is 34.2 Å². The van der Waals surface area contributed by atoms with Crippen LogP contribution in [0.25, 0.3) is 0 Å². The molecule has 0 fully saturated rings. The van der Waals surface area contributed by atoms with Crippen molar-refractivity contribution in [3.63, 3.8) is 0 Å². The van der Waals surface area contributed by atoms with Gasteiger partial charge in [-0.1, -0.05) is 13.8 Å². The first-order valence-electron chi connectivity index (χ1n) is 9.00. The molecule has 0 spiro atoms. The maximum Gasteiger partial charge on any atom is 0.325 e. The zero-order valence-electron chi connectivity index (χ0n) is 16.9. The highest BCUT2D eigenvalue weighted by Gasteiger charge is 2.31. The minimum Gasteiger partial charge on any atom is -0.481 e. The van der Waals surface area contributed by atoms with Gasteiger partial charge in [0.1, 0.15) is 18.1 Å². The lowest BCUT2D eigenvalue weighted by molar-refractivity contribution is -0.143. The number of carbonyl (C=O) groups excluding carboxylic acids is 3. The highest BCUT2D eigenvalue weighted by molar-refractivity contribution is 7.98. The number of carbonyl (C=O) groups is 5. The van der Waals surface area contributed by atoms with Crippen molar-refractivity contribution in [2.24, 2.45) is 11.7 Å². The largest absolute Gasteiger partial charge is 0.481 e. The Morgan fingerprint density at radius 3 is 1.86 bits per heavy atom. The van der Waals surface area contributed by atoms with Crippen LogP contribution in [-0.2, 0) is 24.0 Å². The lowest BCUT2D eigenvalue weighted by Gasteiger charge is -2.24. The van der Waals surface area contributed by atoms with Crippen molar-refractivity contribution in [3.05, 3.63) is 0 Å². The molecule has 0 bridgehead atoms. The van der Waals surface area contributed by atoms with Crippen LogP contribution in [0.3, 0.4) is 0 Å². The molecular formula is C17H30N4O7S. The van der Waals surface area contributed by atoms with Gasteiger partial charge in [0.05, 0.1) is 12.5 Å². The van der Waals surface area contributed by atoms with Crippen LogP contribution < -0.4 is 21.7 Å². The molecule has 4 unspecified atom stereocenters. The third-order valence-corrected chi connectivity index (χ3v) is 4.65. The Kier molecular flexibility index (Phi) is 11.9. The molecule has 0 radical (unpaired) electrons. The summed E-state index contributed by atoms with van der Waals surface area (Å²) in [7, 11) is 0. The molecule has 0 aliphatic carbocycles. The van der Waals surface area contributed by atoms with Gasteiger partial charge in [-0.15, -0.1) is 0 Å². The number of carboxylic acids is 2. The van der Waals surface area contributed by atoms with Gasteiger partial charge in [-0.3, -0.25) is 24.0 Å².